The largest absolute Gasteiger partial charge is 0.382 e. The second-order valence-corrected chi connectivity index (χ2v) is 2.91. The summed E-state index contributed by atoms with van der Waals surface area (Å²) >= 11 is 3.20. The number of halogens is 1. The first-order valence-corrected chi connectivity index (χ1v) is 3.70. The number of anilines is 1. The van der Waals surface area contributed by atoms with E-state index in [0.717, 1.165) is 4.47 Å². The highest BCUT2D eigenvalue weighted by atomic mass is 79.9. The Balaban J connectivity index is 3.40. The lowest BCUT2D eigenvalue weighted by Crippen LogP contribution is -1.92. The number of pyridine rings is 1. The molecule has 0 amide bonds. The molecule has 4 nitrogen and oxygen atoms in total. The highest BCUT2D eigenvalue weighted by Crippen LogP contribution is 2.29. The molecule has 0 bridgehead atoms. The van der Waals surface area contributed by atoms with Gasteiger partial charge in [0.05, 0.1) is 0 Å². The molecule has 1 heterocycles. The molecule has 2 N–H and O–H groups in total. The molecule has 0 saturated heterocycles. The molecule has 1 rings (SSSR count). The van der Waals surface area contributed by atoms with Gasteiger partial charge in [-0.25, -0.2) is 4.98 Å². The number of nitrogens with two attached hydrogens (primary N) is 1. The van der Waals surface area contributed by atoms with E-state index in [1.54, 1.807) is 13.1 Å². The van der Waals surface area contributed by atoms with Crippen LogP contribution in [0.1, 0.15) is 5.56 Å². The number of nitrogens with zero attached hydrogens (tertiary/aromatic N) is 2. The molecule has 0 saturated carbocycles. The fourth-order valence-corrected chi connectivity index (χ4v) is 0.995. The van der Waals surface area contributed by atoms with Crippen molar-refractivity contribution in [2.45, 2.75) is 6.92 Å². The highest BCUT2D eigenvalue weighted by Gasteiger charge is 2.07. The number of nitroso groups, excluding NO2 is 1. The summed E-state index contributed by atoms with van der Waals surface area (Å²) in [6.07, 6.45) is 1.54. The van der Waals surface area contributed by atoms with Crippen molar-refractivity contribution in [3.8, 4) is 0 Å². The SMILES string of the molecule is Cc1c(Br)cnc(N)c1N=O. The number of aromatic nitrogens is 1. The molecule has 0 unspecified atom stereocenters. The van der Waals surface area contributed by atoms with Crippen molar-refractivity contribution in [2.75, 3.05) is 5.73 Å². The summed E-state index contributed by atoms with van der Waals surface area (Å²) in [5.74, 6) is 0.167. The van der Waals surface area contributed by atoms with Gasteiger partial charge in [0.1, 0.15) is 0 Å². The number of nitrogen functional groups attached to an aromatic ring is 1. The second kappa shape index (κ2) is 2.96. The zero-order chi connectivity index (χ0) is 8.43. The van der Waals surface area contributed by atoms with Gasteiger partial charge in [0.2, 0.25) is 0 Å². The van der Waals surface area contributed by atoms with Crippen LogP contribution in [-0.4, -0.2) is 4.98 Å². The van der Waals surface area contributed by atoms with Gasteiger partial charge in [-0.1, -0.05) is 0 Å². The van der Waals surface area contributed by atoms with E-state index in [2.05, 4.69) is 26.1 Å². The van der Waals surface area contributed by atoms with Crippen LogP contribution in [0.3, 0.4) is 0 Å². The monoisotopic (exact) mass is 215 g/mol. The van der Waals surface area contributed by atoms with Crippen LogP contribution in [0.4, 0.5) is 11.5 Å². The molecule has 0 aliphatic heterocycles. The van der Waals surface area contributed by atoms with E-state index in [-0.39, 0.29) is 11.5 Å². The summed E-state index contributed by atoms with van der Waals surface area (Å²) in [4.78, 5) is 14.0. The molecule has 5 heteroatoms. The fraction of sp³-hybridized carbons (Fsp3) is 0.167. The quantitative estimate of drug-likeness (QED) is 0.731. The van der Waals surface area contributed by atoms with E-state index in [1.165, 1.54) is 0 Å². The summed E-state index contributed by atoms with van der Waals surface area (Å²) in [5, 5.41) is 2.76. The Morgan fingerprint density at radius 3 is 2.82 bits per heavy atom. The Morgan fingerprint density at radius 1 is 1.73 bits per heavy atom. The smallest absolute Gasteiger partial charge is 0.154 e. The van der Waals surface area contributed by atoms with Gasteiger partial charge in [-0.05, 0) is 33.6 Å². The Kier molecular flexibility index (Phi) is 2.19. The second-order valence-electron chi connectivity index (χ2n) is 2.06. The standard InChI is InChI=1S/C6H6BrN3O/c1-3-4(7)2-9-6(8)5(3)10-11/h2H,1H3,(H2,8,9). The predicted octanol–water partition coefficient (Wildman–Crippen LogP) is 2.13. The van der Waals surface area contributed by atoms with Gasteiger partial charge in [0, 0.05) is 10.7 Å². The third-order valence-electron chi connectivity index (χ3n) is 1.36. The lowest BCUT2D eigenvalue weighted by molar-refractivity contribution is 1.24. The Labute approximate surface area is 71.9 Å². The Hall–Kier alpha value is -0.970. The van der Waals surface area contributed by atoms with Crippen molar-refractivity contribution < 1.29 is 0 Å². The molecule has 1 aromatic heterocycles. The maximum absolute atomic E-state index is 10.2. The molecular weight excluding hydrogens is 210 g/mol. The molecule has 0 fully saturated rings. The van der Waals surface area contributed by atoms with Gasteiger partial charge in [0.25, 0.3) is 0 Å². The number of hydrogen-bond donors (Lipinski definition) is 1. The lowest BCUT2D eigenvalue weighted by atomic mass is 10.2. The average Bonchev–Trinajstić information content (AvgIpc) is 1.99. The van der Waals surface area contributed by atoms with Crippen molar-refractivity contribution in [3.05, 3.63) is 21.1 Å². The van der Waals surface area contributed by atoms with E-state index in [1.807, 2.05) is 0 Å². The lowest BCUT2D eigenvalue weighted by Gasteiger charge is -2.01. The molecule has 0 atom stereocenters. The molecule has 0 radical (unpaired) electrons. The van der Waals surface area contributed by atoms with Crippen molar-refractivity contribution in [3.63, 3.8) is 0 Å². The molecule has 58 valence electrons. The third kappa shape index (κ3) is 1.37. The zero-order valence-electron chi connectivity index (χ0n) is 5.84. The van der Waals surface area contributed by atoms with Crippen LogP contribution in [0.5, 0.6) is 0 Å². The number of hydrogen-bond acceptors (Lipinski definition) is 4. The fourth-order valence-electron chi connectivity index (χ4n) is 0.705. The summed E-state index contributed by atoms with van der Waals surface area (Å²) in [5.41, 5.74) is 6.30. The molecule has 0 spiro atoms. The van der Waals surface area contributed by atoms with Crippen LogP contribution in [0.15, 0.2) is 15.8 Å². The van der Waals surface area contributed by atoms with Crippen molar-refractivity contribution in [2.24, 2.45) is 5.18 Å². The highest BCUT2D eigenvalue weighted by molar-refractivity contribution is 9.10. The van der Waals surface area contributed by atoms with E-state index < -0.39 is 0 Å². The van der Waals surface area contributed by atoms with Crippen LogP contribution >= 0.6 is 15.9 Å². The Morgan fingerprint density at radius 2 is 2.36 bits per heavy atom. The van der Waals surface area contributed by atoms with Gasteiger partial charge >= 0.3 is 0 Å². The van der Waals surface area contributed by atoms with Gasteiger partial charge in [-0.2, -0.15) is 0 Å². The van der Waals surface area contributed by atoms with Gasteiger partial charge in [0.15, 0.2) is 11.5 Å². The molecule has 0 aliphatic rings. The van der Waals surface area contributed by atoms with Gasteiger partial charge in [-0.3, -0.25) is 0 Å². The molecule has 0 aliphatic carbocycles. The van der Waals surface area contributed by atoms with E-state index in [0.29, 0.717) is 5.56 Å². The predicted molar refractivity (Wildman–Crippen MR) is 46.5 cm³/mol. The van der Waals surface area contributed by atoms with Crippen LogP contribution in [0, 0.1) is 11.8 Å². The first kappa shape index (κ1) is 8.13. The van der Waals surface area contributed by atoms with E-state index in [4.69, 9.17) is 5.73 Å². The van der Waals surface area contributed by atoms with Crippen molar-refractivity contribution in [1.82, 2.24) is 4.98 Å². The summed E-state index contributed by atoms with van der Waals surface area (Å²) < 4.78 is 0.737. The minimum absolute atomic E-state index is 0.167. The minimum Gasteiger partial charge on any atom is -0.382 e. The average molecular weight is 216 g/mol. The van der Waals surface area contributed by atoms with Crippen molar-refractivity contribution in [1.29, 1.82) is 0 Å². The molecule has 1 aromatic rings. The van der Waals surface area contributed by atoms with Crippen molar-refractivity contribution >= 4 is 27.4 Å². The number of rotatable bonds is 1. The Bertz CT molecular complexity index is 300. The van der Waals surface area contributed by atoms with Crippen LogP contribution in [0.2, 0.25) is 0 Å². The maximum Gasteiger partial charge on any atom is 0.154 e. The van der Waals surface area contributed by atoms with E-state index in [9.17, 15) is 4.91 Å². The van der Waals surface area contributed by atoms with Crippen LogP contribution < -0.4 is 5.73 Å². The maximum atomic E-state index is 10.2. The first-order valence-electron chi connectivity index (χ1n) is 2.90. The summed E-state index contributed by atoms with van der Waals surface area (Å²) in [6, 6.07) is 0. The summed E-state index contributed by atoms with van der Waals surface area (Å²) in [6.45, 7) is 1.75. The third-order valence-corrected chi connectivity index (χ3v) is 2.16. The minimum atomic E-state index is 0.167. The topological polar surface area (TPSA) is 68.3 Å². The summed E-state index contributed by atoms with van der Waals surface area (Å²) in [7, 11) is 0. The van der Waals surface area contributed by atoms with Gasteiger partial charge in [-0.15, -0.1) is 4.91 Å². The van der Waals surface area contributed by atoms with Crippen LogP contribution in [0.25, 0.3) is 0 Å². The molecule has 0 aromatic carbocycles. The van der Waals surface area contributed by atoms with E-state index >= 15 is 0 Å². The normalized spacial score (nSPS) is 9.64. The molecular formula is C6H6BrN3O. The first-order chi connectivity index (χ1) is 5.16. The van der Waals surface area contributed by atoms with Gasteiger partial charge < -0.3 is 5.73 Å². The molecule has 11 heavy (non-hydrogen) atoms. The zero-order valence-corrected chi connectivity index (χ0v) is 7.42. The van der Waals surface area contributed by atoms with Crippen LogP contribution in [-0.2, 0) is 0 Å².